The van der Waals surface area contributed by atoms with Crippen molar-refractivity contribution in [2.24, 2.45) is 0 Å². The van der Waals surface area contributed by atoms with Crippen LogP contribution in [0, 0.1) is 13.8 Å². The van der Waals surface area contributed by atoms with E-state index in [1.165, 1.54) is 4.80 Å². The van der Waals surface area contributed by atoms with E-state index < -0.39 is 0 Å². The van der Waals surface area contributed by atoms with Gasteiger partial charge >= 0.3 is 0 Å². The summed E-state index contributed by atoms with van der Waals surface area (Å²) >= 11 is 7.67. The van der Waals surface area contributed by atoms with Gasteiger partial charge in [0.25, 0.3) is 0 Å². The first-order valence-electron chi connectivity index (χ1n) is 8.28. The SMILES string of the molecule is Cc1csc(CN(C)C(=O)/C=C/c2ccc(Cl)cc2Cn2nnc(C)n2)n1. The summed E-state index contributed by atoms with van der Waals surface area (Å²) in [5, 5.41) is 15.5. The van der Waals surface area contributed by atoms with Crippen molar-refractivity contribution in [1.29, 1.82) is 0 Å². The second-order valence-electron chi connectivity index (χ2n) is 6.12. The summed E-state index contributed by atoms with van der Waals surface area (Å²) in [6.07, 6.45) is 3.33. The van der Waals surface area contributed by atoms with Crippen molar-refractivity contribution in [1.82, 2.24) is 30.1 Å². The van der Waals surface area contributed by atoms with Crippen LogP contribution in [0.3, 0.4) is 0 Å². The van der Waals surface area contributed by atoms with Crippen LogP contribution in [0.1, 0.15) is 27.7 Å². The molecule has 2 heterocycles. The number of hydrogen-bond donors (Lipinski definition) is 0. The number of nitrogens with zero attached hydrogens (tertiary/aromatic N) is 6. The predicted octanol–water partition coefficient (Wildman–Crippen LogP) is 3.12. The highest BCUT2D eigenvalue weighted by Gasteiger charge is 2.10. The number of rotatable bonds is 6. The smallest absolute Gasteiger partial charge is 0.246 e. The van der Waals surface area contributed by atoms with Crippen LogP contribution < -0.4 is 0 Å². The molecule has 3 aromatic rings. The number of tetrazole rings is 1. The van der Waals surface area contributed by atoms with Crippen molar-refractivity contribution in [3.05, 3.63) is 62.3 Å². The number of likely N-dealkylation sites (N-methyl/N-ethyl adjacent to an activating group) is 1. The van der Waals surface area contributed by atoms with E-state index in [0.717, 1.165) is 21.8 Å². The van der Waals surface area contributed by atoms with Gasteiger partial charge in [0, 0.05) is 29.2 Å². The highest BCUT2D eigenvalue weighted by molar-refractivity contribution is 7.09. The quantitative estimate of drug-likeness (QED) is 0.592. The minimum absolute atomic E-state index is 0.0986. The van der Waals surface area contributed by atoms with E-state index in [-0.39, 0.29) is 5.91 Å². The fourth-order valence-electron chi connectivity index (χ4n) is 2.46. The summed E-state index contributed by atoms with van der Waals surface area (Å²) in [6.45, 7) is 4.62. The number of thiazole rings is 1. The maximum atomic E-state index is 12.4. The van der Waals surface area contributed by atoms with Gasteiger partial charge in [-0.15, -0.1) is 21.5 Å². The Labute approximate surface area is 166 Å². The van der Waals surface area contributed by atoms with Gasteiger partial charge < -0.3 is 4.90 Å². The van der Waals surface area contributed by atoms with Crippen molar-refractivity contribution >= 4 is 34.9 Å². The molecule has 1 aromatic carbocycles. The zero-order valence-corrected chi connectivity index (χ0v) is 16.8. The lowest BCUT2D eigenvalue weighted by Gasteiger charge is -2.13. The first-order valence-corrected chi connectivity index (χ1v) is 9.53. The molecule has 3 rings (SSSR count). The Morgan fingerprint density at radius 3 is 2.85 bits per heavy atom. The number of hydrogen-bond acceptors (Lipinski definition) is 6. The first kappa shape index (κ1) is 19.2. The summed E-state index contributed by atoms with van der Waals surface area (Å²) < 4.78 is 0. The number of halogens is 1. The fourth-order valence-corrected chi connectivity index (χ4v) is 3.48. The number of aryl methyl sites for hydroxylation is 2. The van der Waals surface area contributed by atoms with Crippen LogP contribution in [-0.2, 0) is 17.9 Å². The summed E-state index contributed by atoms with van der Waals surface area (Å²) in [5.41, 5.74) is 2.75. The van der Waals surface area contributed by atoms with E-state index in [9.17, 15) is 4.79 Å². The summed E-state index contributed by atoms with van der Waals surface area (Å²) in [4.78, 5) is 19.9. The molecule has 0 N–H and O–H groups in total. The average Bonchev–Trinajstić information content (AvgIpc) is 3.21. The molecule has 9 heteroatoms. The topological polar surface area (TPSA) is 76.8 Å². The summed E-state index contributed by atoms with van der Waals surface area (Å²) in [7, 11) is 1.76. The Hall–Kier alpha value is -2.58. The summed E-state index contributed by atoms with van der Waals surface area (Å²) in [5.74, 6) is 0.502. The van der Waals surface area contributed by atoms with E-state index in [2.05, 4.69) is 20.4 Å². The Morgan fingerprint density at radius 2 is 2.19 bits per heavy atom. The van der Waals surface area contributed by atoms with Crippen molar-refractivity contribution in [2.75, 3.05) is 7.05 Å². The molecular formula is C18H19ClN6OS. The Morgan fingerprint density at radius 1 is 1.37 bits per heavy atom. The van der Waals surface area contributed by atoms with Gasteiger partial charge in [0.15, 0.2) is 5.82 Å². The minimum Gasteiger partial charge on any atom is -0.335 e. The number of carbonyl (C=O) groups is 1. The maximum Gasteiger partial charge on any atom is 0.246 e. The highest BCUT2D eigenvalue weighted by Crippen LogP contribution is 2.19. The average molecular weight is 403 g/mol. The predicted molar refractivity (Wildman–Crippen MR) is 105 cm³/mol. The molecule has 0 spiro atoms. The first-order chi connectivity index (χ1) is 12.9. The number of amides is 1. The van der Waals surface area contributed by atoms with Crippen molar-refractivity contribution in [3.63, 3.8) is 0 Å². The fraction of sp³-hybridized carbons (Fsp3) is 0.278. The van der Waals surface area contributed by atoms with Crippen LogP contribution in [0.25, 0.3) is 6.08 Å². The third-order valence-corrected chi connectivity index (χ3v) is 4.98. The summed E-state index contributed by atoms with van der Waals surface area (Å²) in [6, 6.07) is 5.50. The van der Waals surface area contributed by atoms with Gasteiger partial charge in [0.05, 0.1) is 13.1 Å². The molecule has 140 valence electrons. The van der Waals surface area contributed by atoms with Crippen LogP contribution in [-0.4, -0.2) is 43.0 Å². The molecule has 0 atom stereocenters. The van der Waals surface area contributed by atoms with Crippen LogP contribution in [0.5, 0.6) is 0 Å². The molecule has 0 aliphatic carbocycles. The van der Waals surface area contributed by atoms with Crippen LogP contribution in [0.2, 0.25) is 5.02 Å². The normalized spacial score (nSPS) is 11.3. The van der Waals surface area contributed by atoms with Gasteiger partial charge in [-0.25, -0.2) is 4.98 Å². The van der Waals surface area contributed by atoms with Crippen molar-refractivity contribution in [3.8, 4) is 0 Å². The molecule has 2 aromatic heterocycles. The molecule has 0 radical (unpaired) electrons. The molecule has 0 saturated heterocycles. The molecule has 27 heavy (non-hydrogen) atoms. The van der Waals surface area contributed by atoms with E-state index in [4.69, 9.17) is 11.6 Å². The standard InChI is InChI=1S/C18H19ClN6OS/c1-12-11-27-17(20-12)10-24(3)18(26)7-5-14-4-6-16(19)8-15(14)9-25-22-13(2)21-23-25/h4-8,11H,9-10H2,1-3H3/b7-5+. The van der Waals surface area contributed by atoms with E-state index in [1.54, 1.807) is 48.4 Å². The van der Waals surface area contributed by atoms with Crippen molar-refractivity contribution < 1.29 is 4.79 Å². The zero-order chi connectivity index (χ0) is 19.4. The van der Waals surface area contributed by atoms with Gasteiger partial charge in [-0.05, 0) is 48.4 Å². The van der Waals surface area contributed by atoms with Gasteiger partial charge in [0.2, 0.25) is 5.91 Å². The van der Waals surface area contributed by atoms with Gasteiger partial charge in [-0.2, -0.15) is 4.80 Å². The Kier molecular flexibility index (Phi) is 5.98. The molecule has 0 aliphatic heterocycles. The molecule has 1 amide bonds. The van der Waals surface area contributed by atoms with Crippen LogP contribution in [0.15, 0.2) is 29.7 Å². The van der Waals surface area contributed by atoms with Gasteiger partial charge in [-0.3, -0.25) is 4.79 Å². The van der Waals surface area contributed by atoms with Gasteiger partial charge in [0.1, 0.15) is 5.01 Å². The molecule has 0 saturated carbocycles. The lowest BCUT2D eigenvalue weighted by Crippen LogP contribution is -2.24. The third kappa shape index (κ3) is 5.21. The largest absolute Gasteiger partial charge is 0.335 e. The molecule has 0 aliphatic rings. The molecule has 7 nitrogen and oxygen atoms in total. The van der Waals surface area contributed by atoms with Gasteiger partial charge in [-0.1, -0.05) is 17.7 Å². The lowest BCUT2D eigenvalue weighted by molar-refractivity contribution is -0.125. The molecule has 0 fully saturated rings. The van der Waals surface area contributed by atoms with E-state index in [0.29, 0.717) is 23.9 Å². The third-order valence-electron chi connectivity index (χ3n) is 3.79. The molecular weight excluding hydrogens is 384 g/mol. The van der Waals surface area contributed by atoms with E-state index >= 15 is 0 Å². The molecule has 0 bridgehead atoms. The number of aromatic nitrogens is 5. The number of carbonyl (C=O) groups excluding carboxylic acids is 1. The monoisotopic (exact) mass is 402 g/mol. The molecule has 0 unspecified atom stereocenters. The Balaban J connectivity index is 1.72. The number of benzene rings is 1. The Bertz CT molecular complexity index is 980. The van der Waals surface area contributed by atoms with Crippen LogP contribution in [0.4, 0.5) is 0 Å². The van der Waals surface area contributed by atoms with Crippen molar-refractivity contribution in [2.45, 2.75) is 26.9 Å². The lowest BCUT2D eigenvalue weighted by atomic mass is 10.1. The second-order valence-corrected chi connectivity index (χ2v) is 7.50. The van der Waals surface area contributed by atoms with E-state index in [1.807, 2.05) is 24.4 Å². The zero-order valence-electron chi connectivity index (χ0n) is 15.3. The highest BCUT2D eigenvalue weighted by atomic mass is 35.5. The van der Waals surface area contributed by atoms with Crippen LogP contribution >= 0.6 is 22.9 Å². The minimum atomic E-state index is -0.0986. The second kappa shape index (κ2) is 8.41. The maximum absolute atomic E-state index is 12.4.